The van der Waals surface area contributed by atoms with Crippen LogP contribution in [0.2, 0.25) is 0 Å². The molecule has 1 aliphatic rings. The number of aromatic nitrogens is 1. The van der Waals surface area contributed by atoms with Crippen LogP contribution >= 0.6 is 0 Å². The second-order valence-corrected chi connectivity index (χ2v) is 12.4. The molecule has 3 aromatic rings. The fraction of sp³-hybridized carbons (Fsp3) is 0.515. The monoisotopic (exact) mass is 563 g/mol. The zero-order chi connectivity index (χ0) is 29.9. The predicted octanol–water partition coefficient (Wildman–Crippen LogP) is 6.43. The second-order valence-electron chi connectivity index (χ2n) is 12.4. The van der Waals surface area contributed by atoms with Crippen LogP contribution in [0.4, 0.5) is 4.79 Å². The molecular formula is C33H45N3O5. The Balaban J connectivity index is 1.71. The molecule has 8 heteroatoms. The summed E-state index contributed by atoms with van der Waals surface area (Å²) in [5.74, 6) is 1.11. The van der Waals surface area contributed by atoms with Crippen molar-refractivity contribution in [2.75, 3.05) is 40.4 Å². The van der Waals surface area contributed by atoms with E-state index in [4.69, 9.17) is 14.2 Å². The van der Waals surface area contributed by atoms with Gasteiger partial charge in [0.2, 0.25) is 0 Å². The molecule has 4 rings (SSSR count). The molecule has 1 aliphatic heterocycles. The van der Waals surface area contributed by atoms with Gasteiger partial charge in [0.25, 0.3) is 0 Å². The molecule has 41 heavy (non-hydrogen) atoms. The van der Waals surface area contributed by atoms with E-state index in [-0.39, 0.29) is 12.0 Å². The van der Waals surface area contributed by atoms with Gasteiger partial charge in [0, 0.05) is 49.4 Å². The lowest BCUT2D eigenvalue weighted by Crippen LogP contribution is -2.48. The van der Waals surface area contributed by atoms with Gasteiger partial charge in [-0.3, -0.25) is 9.47 Å². The summed E-state index contributed by atoms with van der Waals surface area (Å²) in [5, 5.41) is 0.981. The van der Waals surface area contributed by atoms with Gasteiger partial charge in [0.15, 0.2) is 0 Å². The Hall–Kier alpha value is -3.36. The van der Waals surface area contributed by atoms with Crippen molar-refractivity contribution in [3.8, 4) is 5.75 Å². The van der Waals surface area contributed by atoms with E-state index in [1.807, 2.05) is 64.1 Å². The smallest absolute Gasteiger partial charge is 0.419 e. The van der Waals surface area contributed by atoms with Gasteiger partial charge in [-0.15, -0.1) is 0 Å². The number of rotatable bonds is 8. The number of piperazine rings is 1. The average Bonchev–Trinajstić information content (AvgIpc) is 3.39. The minimum atomic E-state index is -0.594. The van der Waals surface area contributed by atoms with Crippen molar-refractivity contribution in [1.29, 1.82) is 0 Å². The highest BCUT2D eigenvalue weighted by atomic mass is 16.6. The van der Waals surface area contributed by atoms with Crippen LogP contribution in [0.5, 0.6) is 5.75 Å². The Kier molecular flexibility index (Phi) is 9.44. The van der Waals surface area contributed by atoms with Crippen LogP contribution in [0.1, 0.15) is 74.1 Å². The Morgan fingerprint density at radius 2 is 1.76 bits per heavy atom. The van der Waals surface area contributed by atoms with Gasteiger partial charge >= 0.3 is 12.1 Å². The van der Waals surface area contributed by atoms with Gasteiger partial charge in [-0.2, -0.15) is 0 Å². The maximum Gasteiger partial charge on any atom is 0.419 e. The van der Waals surface area contributed by atoms with E-state index in [0.717, 1.165) is 65.9 Å². The summed E-state index contributed by atoms with van der Waals surface area (Å²) in [6, 6.07) is 11.9. The molecule has 1 fully saturated rings. The molecule has 0 saturated carbocycles. The van der Waals surface area contributed by atoms with Crippen LogP contribution in [0, 0.1) is 12.8 Å². The highest BCUT2D eigenvalue weighted by Gasteiger charge is 2.30. The third-order valence-electron chi connectivity index (χ3n) is 7.72. The number of aryl methyl sites for hydroxylation is 1. The van der Waals surface area contributed by atoms with Crippen LogP contribution in [0.15, 0.2) is 42.6 Å². The third kappa shape index (κ3) is 7.11. The first-order valence-electron chi connectivity index (χ1n) is 14.5. The van der Waals surface area contributed by atoms with Gasteiger partial charge in [0.05, 0.1) is 25.3 Å². The minimum absolute atomic E-state index is 0.122. The summed E-state index contributed by atoms with van der Waals surface area (Å²) < 4.78 is 18.1. The summed E-state index contributed by atoms with van der Waals surface area (Å²) in [7, 11) is 3.10. The van der Waals surface area contributed by atoms with Gasteiger partial charge in [-0.05, 0) is 82.0 Å². The topological polar surface area (TPSA) is 73.2 Å². The zero-order valence-corrected chi connectivity index (χ0v) is 25.8. The zero-order valence-electron chi connectivity index (χ0n) is 25.8. The van der Waals surface area contributed by atoms with Crippen molar-refractivity contribution < 1.29 is 23.8 Å². The van der Waals surface area contributed by atoms with E-state index >= 15 is 0 Å². The van der Waals surface area contributed by atoms with E-state index in [2.05, 4.69) is 23.6 Å². The lowest BCUT2D eigenvalue weighted by molar-refractivity contribution is 0.0542. The number of hydrogen-bond donors (Lipinski definition) is 0. The molecule has 1 aromatic heterocycles. The highest BCUT2D eigenvalue weighted by molar-refractivity contribution is 5.95. The normalized spacial score (nSPS) is 16.8. The lowest BCUT2D eigenvalue weighted by Gasteiger charge is -2.42. The lowest BCUT2D eigenvalue weighted by atomic mass is 9.98. The summed E-state index contributed by atoms with van der Waals surface area (Å²) in [6.45, 7) is 16.6. The van der Waals surface area contributed by atoms with Crippen LogP contribution in [-0.4, -0.2) is 72.4 Å². The van der Waals surface area contributed by atoms with Crippen molar-refractivity contribution in [2.45, 2.75) is 66.2 Å². The molecule has 222 valence electrons. The quantitative estimate of drug-likeness (QED) is 0.292. The van der Waals surface area contributed by atoms with Gasteiger partial charge < -0.3 is 19.1 Å². The van der Waals surface area contributed by atoms with Crippen LogP contribution in [0.25, 0.3) is 10.9 Å². The standard InChI is InChI=1S/C33H45N3O5/c1-22(2)13-15-34-17-18-35(28(21-34)24-9-11-25(12-10-24)31(37)40-8)20-27-26-14-16-36(32(38)41-33(4,5)6)30(26)23(3)19-29(27)39-7/h9-12,14,16,19,22,28H,13,15,17-18,20-21H2,1-8H3. The molecule has 0 bridgehead atoms. The summed E-state index contributed by atoms with van der Waals surface area (Å²) >= 11 is 0. The second kappa shape index (κ2) is 12.7. The van der Waals surface area contributed by atoms with E-state index in [1.54, 1.807) is 17.9 Å². The molecule has 0 radical (unpaired) electrons. The van der Waals surface area contributed by atoms with Gasteiger partial charge in [-0.25, -0.2) is 9.59 Å². The first-order valence-corrected chi connectivity index (χ1v) is 14.5. The largest absolute Gasteiger partial charge is 0.496 e. The summed E-state index contributed by atoms with van der Waals surface area (Å²) in [6.07, 6.45) is 2.55. The molecule has 1 atom stereocenters. The SMILES string of the molecule is COC(=O)c1ccc(C2CN(CCC(C)C)CCN2Cc2c(OC)cc(C)c3c2ccn3C(=O)OC(C)(C)C)cc1. The highest BCUT2D eigenvalue weighted by Crippen LogP contribution is 2.36. The number of carbonyl (C=O) groups excluding carboxylic acids is 2. The maximum atomic E-state index is 13.1. The Bertz CT molecular complexity index is 1370. The molecule has 0 amide bonds. The van der Waals surface area contributed by atoms with Gasteiger partial charge in [0.1, 0.15) is 11.4 Å². The molecule has 1 saturated heterocycles. The number of esters is 1. The molecule has 0 N–H and O–H groups in total. The average molecular weight is 564 g/mol. The maximum absolute atomic E-state index is 13.1. The number of benzene rings is 2. The number of nitrogens with zero attached hydrogens (tertiary/aromatic N) is 3. The Morgan fingerprint density at radius 1 is 1.05 bits per heavy atom. The van der Waals surface area contributed by atoms with E-state index in [9.17, 15) is 9.59 Å². The fourth-order valence-electron chi connectivity index (χ4n) is 5.56. The van der Waals surface area contributed by atoms with Crippen molar-refractivity contribution >= 4 is 23.0 Å². The molecule has 1 unspecified atom stereocenters. The molecule has 8 nitrogen and oxygen atoms in total. The number of fused-ring (bicyclic) bond motifs is 1. The third-order valence-corrected chi connectivity index (χ3v) is 7.72. The summed E-state index contributed by atoms with van der Waals surface area (Å²) in [4.78, 5) is 30.2. The number of hydrogen-bond acceptors (Lipinski definition) is 7. The molecule has 2 heterocycles. The first-order chi connectivity index (χ1) is 19.4. The number of ether oxygens (including phenoxy) is 3. The number of carbonyl (C=O) groups is 2. The Labute approximate surface area is 244 Å². The minimum Gasteiger partial charge on any atom is -0.496 e. The van der Waals surface area contributed by atoms with Crippen LogP contribution in [0.3, 0.4) is 0 Å². The fourth-order valence-corrected chi connectivity index (χ4v) is 5.56. The number of methoxy groups -OCH3 is 2. The van der Waals surface area contributed by atoms with Crippen molar-refractivity contribution in [3.05, 3.63) is 64.8 Å². The predicted molar refractivity (Wildman–Crippen MR) is 162 cm³/mol. The Morgan fingerprint density at radius 3 is 2.37 bits per heavy atom. The first kappa shape index (κ1) is 30.6. The molecule has 0 spiro atoms. The van der Waals surface area contributed by atoms with E-state index < -0.39 is 11.7 Å². The molecule has 0 aliphatic carbocycles. The summed E-state index contributed by atoms with van der Waals surface area (Å²) in [5.41, 5.74) is 3.93. The van der Waals surface area contributed by atoms with Crippen molar-refractivity contribution in [2.24, 2.45) is 5.92 Å². The molecular weight excluding hydrogens is 518 g/mol. The van der Waals surface area contributed by atoms with Crippen molar-refractivity contribution in [3.63, 3.8) is 0 Å². The van der Waals surface area contributed by atoms with Crippen LogP contribution < -0.4 is 4.74 Å². The van der Waals surface area contributed by atoms with Gasteiger partial charge in [-0.1, -0.05) is 26.0 Å². The molecule has 2 aromatic carbocycles. The van der Waals surface area contributed by atoms with E-state index in [1.165, 1.54) is 7.11 Å². The van der Waals surface area contributed by atoms with Crippen molar-refractivity contribution in [1.82, 2.24) is 14.4 Å². The van der Waals surface area contributed by atoms with Crippen LogP contribution in [-0.2, 0) is 16.0 Å². The van der Waals surface area contributed by atoms with E-state index in [0.29, 0.717) is 18.0 Å².